The van der Waals surface area contributed by atoms with Gasteiger partial charge in [-0.15, -0.1) is 0 Å². The van der Waals surface area contributed by atoms with Crippen LogP contribution in [0.1, 0.15) is 29.8 Å². The van der Waals surface area contributed by atoms with Gasteiger partial charge in [0.1, 0.15) is 5.75 Å². The summed E-state index contributed by atoms with van der Waals surface area (Å²) in [5, 5.41) is 0. The summed E-state index contributed by atoms with van der Waals surface area (Å²) in [5.74, 6) is 0.794. The number of rotatable bonds is 5. The molecule has 0 atom stereocenters. The number of hydrogen-bond acceptors (Lipinski definition) is 2. The van der Waals surface area contributed by atoms with E-state index >= 15 is 0 Å². The van der Waals surface area contributed by atoms with Gasteiger partial charge in [0.05, 0.1) is 6.61 Å². The second kappa shape index (κ2) is 6.93. The van der Waals surface area contributed by atoms with E-state index in [0.29, 0.717) is 18.7 Å². The van der Waals surface area contributed by atoms with Crippen LogP contribution in [0.2, 0.25) is 0 Å². The number of aryl methyl sites for hydroxylation is 1. The van der Waals surface area contributed by atoms with Crippen molar-refractivity contribution in [2.75, 3.05) is 18.1 Å². The second-order valence-electron chi connectivity index (χ2n) is 4.79. The molecular weight excluding hydrogens is 262 g/mol. The monoisotopic (exact) mass is 283 g/mol. The molecule has 0 radical (unpaired) electrons. The molecule has 1 amide bonds. The summed E-state index contributed by atoms with van der Waals surface area (Å²) in [6.45, 7) is 7.20. The Morgan fingerprint density at radius 3 is 2.29 bits per heavy atom. The quantitative estimate of drug-likeness (QED) is 0.828. The third-order valence-corrected chi connectivity index (χ3v) is 3.38. The van der Waals surface area contributed by atoms with Crippen molar-refractivity contribution in [2.24, 2.45) is 0 Å². The Morgan fingerprint density at radius 2 is 1.71 bits per heavy atom. The fourth-order valence-corrected chi connectivity index (χ4v) is 2.31. The van der Waals surface area contributed by atoms with Gasteiger partial charge in [0.25, 0.3) is 5.91 Å². The van der Waals surface area contributed by atoms with E-state index in [1.54, 1.807) is 4.90 Å². The molecule has 0 aromatic heterocycles. The van der Waals surface area contributed by atoms with Crippen molar-refractivity contribution in [1.82, 2.24) is 0 Å². The van der Waals surface area contributed by atoms with Crippen molar-refractivity contribution < 1.29 is 9.53 Å². The molecular formula is C18H21NO2. The van der Waals surface area contributed by atoms with Gasteiger partial charge in [-0.25, -0.2) is 0 Å². The normalized spacial score (nSPS) is 10.2. The minimum absolute atomic E-state index is 0.00912. The highest BCUT2D eigenvalue weighted by molar-refractivity contribution is 6.06. The Hall–Kier alpha value is -2.29. The zero-order chi connectivity index (χ0) is 15.2. The summed E-state index contributed by atoms with van der Waals surface area (Å²) in [4.78, 5) is 14.5. The molecule has 0 aliphatic heterocycles. The lowest BCUT2D eigenvalue weighted by Crippen LogP contribution is -2.31. The lowest BCUT2D eigenvalue weighted by molar-refractivity contribution is 0.0988. The fourth-order valence-electron chi connectivity index (χ4n) is 2.31. The number of nitrogens with zero attached hydrogens (tertiary/aromatic N) is 1. The molecule has 0 aliphatic rings. The van der Waals surface area contributed by atoms with Crippen molar-refractivity contribution in [3.05, 3.63) is 59.7 Å². The third-order valence-electron chi connectivity index (χ3n) is 3.38. The van der Waals surface area contributed by atoms with Crippen LogP contribution in [0.25, 0.3) is 0 Å². The molecule has 0 fully saturated rings. The number of hydrogen-bond donors (Lipinski definition) is 0. The lowest BCUT2D eigenvalue weighted by Gasteiger charge is -2.23. The van der Waals surface area contributed by atoms with E-state index in [0.717, 1.165) is 17.0 Å². The SMILES string of the molecule is CCOc1ccc(C(=O)N(CC)c2ccccc2C)cc1. The van der Waals surface area contributed by atoms with Gasteiger partial charge in [0.2, 0.25) is 0 Å². The van der Waals surface area contributed by atoms with Gasteiger partial charge in [-0.2, -0.15) is 0 Å². The van der Waals surface area contributed by atoms with Crippen molar-refractivity contribution >= 4 is 11.6 Å². The first-order valence-electron chi connectivity index (χ1n) is 7.27. The molecule has 0 heterocycles. The molecule has 0 spiro atoms. The summed E-state index contributed by atoms with van der Waals surface area (Å²) >= 11 is 0. The van der Waals surface area contributed by atoms with Crippen LogP contribution in [0.15, 0.2) is 48.5 Å². The summed E-state index contributed by atoms with van der Waals surface area (Å²) < 4.78 is 5.41. The van der Waals surface area contributed by atoms with Crippen LogP contribution >= 0.6 is 0 Å². The number of para-hydroxylation sites is 1. The Labute approximate surface area is 126 Å². The van der Waals surface area contributed by atoms with Gasteiger partial charge in [0.15, 0.2) is 0 Å². The summed E-state index contributed by atoms with van der Waals surface area (Å²) in [7, 11) is 0. The molecule has 3 heteroatoms. The van der Waals surface area contributed by atoms with Crippen LogP contribution in [0, 0.1) is 6.92 Å². The average Bonchev–Trinajstić information content (AvgIpc) is 2.51. The molecule has 0 bridgehead atoms. The van der Waals surface area contributed by atoms with Crippen LogP contribution in [-0.4, -0.2) is 19.1 Å². The maximum absolute atomic E-state index is 12.7. The summed E-state index contributed by atoms with van der Waals surface area (Å²) in [5.41, 5.74) is 2.72. The van der Waals surface area contributed by atoms with Gasteiger partial charge in [-0.05, 0) is 56.7 Å². The third kappa shape index (κ3) is 3.43. The van der Waals surface area contributed by atoms with Crippen molar-refractivity contribution in [3.63, 3.8) is 0 Å². The lowest BCUT2D eigenvalue weighted by atomic mass is 10.1. The van der Waals surface area contributed by atoms with E-state index < -0.39 is 0 Å². The van der Waals surface area contributed by atoms with E-state index in [9.17, 15) is 4.79 Å². The average molecular weight is 283 g/mol. The smallest absolute Gasteiger partial charge is 0.258 e. The molecule has 2 aromatic rings. The van der Waals surface area contributed by atoms with Gasteiger partial charge in [0, 0.05) is 17.8 Å². The standard InChI is InChI=1S/C18H21NO2/c1-4-19(17-9-7-6-8-14(17)3)18(20)15-10-12-16(13-11-15)21-5-2/h6-13H,4-5H2,1-3H3. The zero-order valence-electron chi connectivity index (χ0n) is 12.8. The minimum Gasteiger partial charge on any atom is -0.494 e. The van der Waals surface area contributed by atoms with Gasteiger partial charge in [-0.1, -0.05) is 18.2 Å². The number of amides is 1. The van der Waals surface area contributed by atoms with E-state index in [1.165, 1.54) is 0 Å². The molecule has 0 saturated carbocycles. The summed E-state index contributed by atoms with van der Waals surface area (Å²) in [6.07, 6.45) is 0. The van der Waals surface area contributed by atoms with Crippen LogP contribution in [0.3, 0.4) is 0 Å². The van der Waals surface area contributed by atoms with E-state index in [1.807, 2.05) is 69.3 Å². The maximum atomic E-state index is 12.7. The first kappa shape index (κ1) is 15.1. The Morgan fingerprint density at radius 1 is 1.05 bits per heavy atom. The van der Waals surface area contributed by atoms with Gasteiger partial charge < -0.3 is 9.64 Å². The topological polar surface area (TPSA) is 29.5 Å². The van der Waals surface area contributed by atoms with Crippen LogP contribution in [0.4, 0.5) is 5.69 Å². The van der Waals surface area contributed by atoms with Crippen LogP contribution in [-0.2, 0) is 0 Å². The maximum Gasteiger partial charge on any atom is 0.258 e. The zero-order valence-corrected chi connectivity index (χ0v) is 12.8. The second-order valence-corrected chi connectivity index (χ2v) is 4.79. The number of benzene rings is 2. The minimum atomic E-state index is 0.00912. The Balaban J connectivity index is 2.26. The largest absolute Gasteiger partial charge is 0.494 e. The molecule has 0 N–H and O–H groups in total. The molecule has 0 unspecified atom stereocenters. The molecule has 0 saturated heterocycles. The first-order valence-corrected chi connectivity index (χ1v) is 7.27. The molecule has 2 rings (SSSR count). The Kier molecular flexibility index (Phi) is 4.99. The predicted molar refractivity (Wildman–Crippen MR) is 86.1 cm³/mol. The highest BCUT2D eigenvalue weighted by atomic mass is 16.5. The van der Waals surface area contributed by atoms with Crippen LogP contribution < -0.4 is 9.64 Å². The highest BCUT2D eigenvalue weighted by Gasteiger charge is 2.17. The van der Waals surface area contributed by atoms with Crippen LogP contribution in [0.5, 0.6) is 5.75 Å². The predicted octanol–water partition coefficient (Wildman–Crippen LogP) is 4.06. The number of carbonyl (C=O) groups excluding carboxylic acids is 1. The summed E-state index contributed by atoms with van der Waals surface area (Å²) in [6, 6.07) is 15.2. The van der Waals surface area contributed by atoms with Crippen molar-refractivity contribution in [3.8, 4) is 5.75 Å². The number of ether oxygens (including phenoxy) is 1. The van der Waals surface area contributed by atoms with E-state index in [-0.39, 0.29) is 5.91 Å². The molecule has 21 heavy (non-hydrogen) atoms. The van der Waals surface area contributed by atoms with Gasteiger partial charge >= 0.3 is 0 Å². The molecule has 3 nitrogen and oxygen atoms in total. The fraction of sp³-hybridized carbons (Fsp3) is 0.278. The molecule has 2 aromatic carbocycles. The molecule has 110 valence electrons. The van der Waals surface area contributed by atoms with E-state index in [2.05, 4.69) is 0 Å². The Bertz CT molecular complexity index is 605. The van der Waals surface area contributed by atoms with Gasteiger partial charge in [-0.3, -0.25) is 4.79 Å². The first-order chi connectivity index (χ1) is 10.2. The highest BCUT2D eigenvalue weighted by Crippen LogP contribution is 2.22. The number of carbonyl (C=O) groups is 1. The molecule has 0 aliphatic carbocycles. The van der Waals surface area contributed by atoms with E-state index in [4.69, 9.17) is 4.74 Å². The van der Waals surface area contributed by atoms with Crippen molar-refractivity contribution in [2.45, 2.75) is 20.8 Å². The number of anilines is 1. The van der Waals surface area contributed by atoms with Crippen molar-refractivity contribution in [1.29, 1.82) is 0 Å².